The third-order valence-electron chi connectivity index (χ3n) is 4.80. The highest BCUT2D eigenvalue weighted by Crippen LogP contribution is 2.47. The molecule has 1 spiro atoms. The van der Waals surface area contributed by atoms with Crippen molar-refractivity contribution in [3.05, 3.63) is 34.6 Å². The SMILES string of the molecule is CN=C(NCc1ccc(F)c(Cl)c1)N1CCC2(CCC2)C1. The van der Waals surface area contributed by atoms with Gasteiger partial charge >= 0.3 is 0 Å². The summed E-state index contributed by atoms with van der Waals surface area (Å²) in [7, 11) is 1.81. The van der Waals surface area contributed by atoms with Crippen LogP contribution in [0.5, 0.6) is 0 Å². The summed E-state index contributed by atoms with van der Waals surface area (Å²) in [5.74, 6) is 0.551. The predicted molar refractivity (Wildman–Crippen MR) is 84.1 cm³/mol. The van der Waals surface area contributed by atoms with Crippen LogP contribution in [0.3, 0.4) is 0 Å². The lowest BCUT2D eigenvalue weighted by atomic mass is 9.68. The molecule has 1 heterocycles. The highest BCUT2D eigenvalue weighted by molar-refractivity contribution is 6.30. The fourth-order valence-corrected chi connectivity index (χ4v) is 3.57. The highest BCUT2D eigenvalue weighted by atomic mass is 35.5. The molecule has 0 unspecified atom stereocenters. The molecule has 2 aliphatic rings. The lowest BCUT2D eigenvalue weighted by Crippen LogP contribution is -2.42. The van der Waals surface area contributed by atoms with Gasteiger partial charge < -0.3 is 10.2 Å². The Morgan fingerprint density at radius 2 is 2.24 bits per heavy atom. The van der Waals surface area contributed by atoms with E-state index in [1.165, 1.54) is 31.7 Å². The van der Waals surface area contributed by atoms with E-state index in [4.69, 9.17) is 11.6 Å². The standard InChI is InChI=1S/C16H21ClFN3/c1-19-15(21-8-7-16(11-21)5-2-6-16)20-10-12-3-4-14(18)13(17)9-12/h3-4,9H,2,5-8,10-11H2,1H3,(H,19,20). The van der Waals surface area contributed by atoms with Crippen molar-refractivity contribution in [2.24, 2.45) is 10.4 Å². The van der Waals surface area contributed by atoms with Crippen LogP contribution < -0.4 is 5.32 Å². The molecule has 0 bridgehead atoms. The fraction of sp³-hybridized carbons (Fsp3) is 0.562. The summed E-state index contributed by atoms with van der Waals surface area (Å²) in [6.07, 6.45) is 5.35. The zero-order valence-corrected chi connectivity index (χ0v) is 13.1. The second-order valence-electron chi connectivity index (χ2n) is 6.17. The van der Waals surface area contributed by atoms with E-state index in [1.807, 2.05) is 7.05 Å². The third kappa shape index (κ3) is 3.00. The van der Waals surface area contributed by atoms with Crippen molar-refractivity contribution in [1.29, 1.82) is 0 Å². The van der Waals surface area contributed by atoms with E-state index in [0.717, 1.165) is 24.6 Å². The Hall–Kier alpha value is -1.29. The van der Waals surface area contributed by atoms with Gasteiger partial charge in [-0.05, 0) is 42.4 Å². The van der Waals surface area contributed by atoms with Crippen LogP contribution in [0.4, 0.5) is 4.39 Å². The van der Waals surface area contributed by atoms with Gasteiger partial charge in [0.25, 0.3) is 0 Å². The molecule has 1 saturated heterocycles. The number of guanidine groups is 1. The van der Waals surface area contributed by atoms with E-state index in [9.17, 15) is 4.39 Å². The Labute approximate surface area is 130 Å². The Kier molecular flexibility index (Phi) is 4.07. The highest BCUT2D eigenvalue weighted by Gasteiger charge is 2.43. The maximum atomic E-state index is 13.2. The van der Waals surface area contributed by atoms with E-state index in [1.54, 1.807) is 12.1 Å². The van der Waals surface area contributed by atoms with Gasteiger partial charge in [-0.1, -0.05) is 24.1 Å². The van der Waals surface area contributed by atoms with E-state index in [2.05, 4.69) is 15.2 Å². The molecule has 3 rings (SSSR count). The van der Waals surface area contributed by atoms with Crippen LogP contribution in [0, 0.1) is 11.2 Å². The summed E-state index contributed by atoms with van der Waals surface area (Å²) in [6.45, 7) is 2.79. The minimum Gasteiger partial charge on any atom is -0.352 e. The van der Waals surface area contributed by atoms with E-state index < -0.39 is 0 Å². The zero-order chi connectivity index (χ0) is 14.9. The second-order valence-corrected chi connectivity index (χ2v) is 6.58. The van der Waals surface area contributed by atoms with Crippen molar-refractivity contribution in [2.45, 2.75) is 32.2 Å². The normalized spacial score (nSPS) is 20.7. The molecule has 1 aromatic rings. The molecule has 5 heteroatoms. The maximum Gasteiger partial charge on any atom is 0.193 e. The number of aliphatic imine (C=N–C) groups is 1. The Balaban J connectivity index is 1.59. The minimum absolute atomic E-state index is 0.166. The predicted octanol–water partition coefficient (Wildman–Crippen LogP) is 3.43. The Morgan fingerprint density at radius 1 is 1.43 bits per heavy atom. The molecule has 3 nitrogen and oxygen atoms in total. The van der Waals surface area contributed by atoms with E-state index in [0.29, 0.717) is 12.0 Å². The molecular formula is C16H21ClFN3. The number of nitrogens with zero attached hydrogens (tertiary/aromatic N) is 2. The maximum absolute atomic E-state index is 13.2. The molecule has 1 aliphatic carbocycles. The molecule has 2 fully saturated rings. The molecule has 21 heavy (non-hydrogen) atoms. The van der Waals surface area contributed by atoms with Crippen LogP contribution in [-0.4, -0.2) is 31.0 Å². The summed E-state index contributed by atoms with van der Waals surface area (Å²) < 4.78 is 13.2. The van der Waals surface area contributed by atoms with Crippen molar-refractivity contribution in [1.82, 2.24) is 10.2 Å². The van der Waals surface area contributed by atoms with Gasteiger partial charge in [-0.15, -0.1) is 0 Å². The van der Waals surface area contributed by atoms with Gasteiger partial charge in [0.1, 0.15) is 5.82 Å². The van der Waals surface area contributed by atoms with Crippen LogP contribution in [0.25, 0.3) is 0 Å². The largest absolute Gasteiger partial charge is 0.352 e. The van der Waals surface area contributed by atoms with Gasteiger partial charge in [-0.2, -0.15) is 0 Å². The molecule has 0 atom stereocenters. The topological polar surface area (TPSA) is 27.6 Å². The summed E-state index contributed by atoms with van der Waals surface area (Å²) in [5.41, 5.74) is 1.51. The summed E-state index contributed by atoms with van der Waals surface area (Å²) in [5, 5.41) is 3.52. The smallest absolute Gasteiger partial charge is 0.193 e. The molecule has 0 radical (unpaired) electrons. The van der Waals surface area contributed by atoms with Gasteiger partial charge in [-0.3, -0.25) is 4.99 Å². The van der Waals surface area contributed by atoms with Crippen molar-refractivity contribution in [3.8, 4) is 0 Å². The van der Waals surface area contributed by atoms with Gasteiger partial charge in [-0.25, -0.2) is 4.39 Å². The van der Waals surface area contributed by atoms with Crippen LogP contribution in [0.2, 0.25) is 5.02 Å². The van der Waals surface area contributed by atoms with Crippen LogP contribution in [0.1, 0.15) is 31.2 Å². The first-order chi connectivity index (χ1) is 10.1. The number of rotatable bonds is 2. The van der Waals surface area contributed by atoms with Gasteiger partial charge in [0.15, 0.2) is 5.96 Å². The zero-order valence-electron chi connectivity index (χ0n) is 12.3. The van der Waals surface area contributed by atoms with Crippen LogP contribution in [0.15, 0.2) is 23.2 Å². The van der Waals surface area contributed by atoms with E-state index >= 15 is 0 Å². The Morgan fingerprint density at radius 3 is 2.81 bits per heavy atom. The van der Waals surface area contributed by atoms with Crippen molar-refractivity contribution in [3.63, 3.8) is 0 Å². The monoisotopic (exact) mass is 309 g/mol. The van der Waals surface area contributed by atoms with Crippen molar-refractivity contribution >= 4 is 17.6 Å². The minimum atomic E-state index is -0.378. The molecule has 0 aromatic heterocycles. The van der Waals surface area contributed by atoms with Crippen molar-refractivity contribution in [2.75, 3.05) is 20.1 Å². The molecule has 1 saturated carbocycles. The van der Waals surface area contributed by atoms with Gasteiger partial charge in [0.2, 0.25) is 0 Å². The second kappa shape index (κ2) is 5.84. The first kappa shape index (κ1) is 14.6. The average molecular weight is 310 g/mol. The number of hydrogen-bond donors (Lipinski definition) is 1. The molecule has 0 amide bonds. The fourth-order valence-electron chi connectivity index (χ4n) is 3.36. The lowest BCUT2D eigenvalue weighted by molar-refractivity contribution is 0.151. The van der Waals surface area contributed by atoms with E-state index in [-0.39, 0.29) is 10.8 Å². The molecular weight excluding hydrogens is 289 g/mol. The summed E-state index contributed by atoms with van der Waals surface area (Å²) in [6, 6.07) is 4.81. The Bertz CT molecular complexity index is 554. The summed E-state index contributed by atoms with van der Waals surface area (Å²) >= 11 is 5.81. The molecule has 1 aromatic carbocycles. The summed E-state index contributed by atoms with van der Waals surface area (Å²) in [4.78, 5) is 6.71. The van der Waals surface area contributed by atoms with Gasteiger partial charge in [0, 0.05) is 26.7 Å². The quantitative estimate of drug-likeness (QED) is 0.669. The number of hydrogen-bond acceptors (Lipinski definition) is 1. The molecule has 1 aliphatic heterocycles. The van der Waals surface area contributed by atoms with Gasteiger partial charge in [0.05, 0.1) is 5.02 Å². The number of nitrogens with one attached hydrogen (secondary N) is 1. The number of likely N-dealkylation sites (tertiary alicyclic amines) is 1. The molecule has 1 N–H and O–H groups in total. The number of benzene rings is 1. The number of halogens is 2. The lowest BCUT2D eigenvalue weighted by Gasteiger charge is -2.38. The van der Waals surface area contributed by atoms with Crippen molar-refractivity contribution < 1.29 is 4.39 Å². The van der Waals surface area contributed by atoms with Crippen LogP contribution in [-0.2, 0) is 6.54 Å². The first-order valence-electron chi connectivity index (χ1n) is 7.51. The van der Waals surface area contributed by atoms with Crippen LogP contribution >= 0.6 is 11.6 Å². The third-order valence-corrected chi connectivity index (χ3v) is 5.09. The molecule has 114 valence electrons. The first-order valence-corrected chi connectivity index (χ1v) is 7.89. The average Bonchev–Trinajstić information content (AvgIpc) is 2.89.